The molecule has 0 saturated heterocycles. The Morgan fingerprint density at radius 2 is 2.12 bits per heavy atom. The lowest BCUT2D eigenvalue weighted by molar-refractivity contribution is 1.11. The number of aromatic amines is 1. The Morgan fingerprint density at radius 3 is 2.81 bits per heavy atom. The number of H-pyrrole nitrogens is 1. The Kier molecular flexibility index (Phi) is 2.51. The van der Waals surface area contributed by atoms with Gasteiger partial charge in [-0.3, -0.25) is 5.10 Å². The first kappa shape index (κ1) is 10.0. The second-order valence-electron chi connectivity index (χ2n) is 3.09. The Morgan fingerprint density at radius 1 is 1.19 bits per heavy atom. The maximum absolute atomic E-state index is 5.87. The molecule has 0 aliphatic rings. The van der Waals surface area contributed by atoms with Crippen LogP contribution in [0.3, 0.4) is 0 Å². The molecule has 0 saturated carbocycles. The van der Waals surface area contributed by atoms with E-state index in [1.807, 2.05) is 29.6 Å². The summed E-state index contributed by atoms with van der Waals surface area (Å²) in [6, 6.07) is 7.78. The van der Waals surface area contributed by atoms with E-state index in [4.69, 9.17) is 11.6 Å². The highest BCUT2D eigenvalue weighted by Crippen LogP contribution is 2.30. The lowest BCUT2D eigenvalue weighted by Crippen LogP contribution is -1.74. The van der Waals surface area contributed by atoms with Gasteiger partial charge in [-0.15, -0.1) is 22.7 Å². The van der Waals surface area contributed by atoms with Crippen molar-refractivity contribution in [3.05, 3.63) is 34.0 Å². The van der Waals surface area contributed by atoms with Gasteiger partial charge in [-0.1, -0.05) is 17.7 Å². The van der Waals surface area contributed by atoms with Gasteiger partial charge in [0.2, 0.25) is 0 Å². The topological polar surface area (TPSA) is 41.6 Å². The van der Waals surface area contributed by atoms with Crippen molar-refractivity contribution in [3.8, 4) is 21.4 Å². The first-order valence-electron chi connectivity index (χ1n) is 4.55. The van der Waals surface area contributed by atoms with Crippen LogP contribution in [0, 0.1) is 0 Å². The molecular formula is C10H6ClN3S2. The number of rotatable bonds is 2. The third-order valence-electron chi connectivity index (χ3n) is 2.03. The molecule has 3 aromatic rings. The van der Waals surface area contributed by atoms with Crippen molar-refractivity contribution in [1.29, 1.82) is 0 Å². The van der Waals surface area contributed by atoms with Crippen molar-refractivity contribution >= 4 is 34.3 Å². The van der Waals surface area contributed by atoms with Crippen LogP contribution in [0.15, 0.2) is 29.6 Å². The fourth-order valence-corrected chi connectivity index (χ4v) is 2.97. The summed E-state index contributed by atoms with van der Waals surface area (Å²) < 4.78 is 0.748. The molecule has 0 unspecified atom stereocenters. The second kappa shape index (κ2) is 4.01. The average Bonchev–Trinajstić information content (AvgIpc) is 2.97. The van der Waals surface area contributed by atoms with Crippen LogP contribution in [0.4, 0.5) is 0 Å². The van der Waals surface area contributed by atoms with Crippen LogP contribution < -0.4 is 0 Å². The SMILES string of the molecule is Clc1ccc(-c2n[nH]c(-c3cccs3)n2)s1. The minimum absolute atomic E-state index is 0.695. The fourth-order valence-electron chi connectivity index (χ4n) is 1.33. The molecule has 16 heavy (non-hydrogen) atoms. The largest absolute Gasteiger partial charge is 0.258 e. The van der Waals surface area contributed by atoms with E-state index >= 15 is 0 Å². The normalized spacial score (nSPS) is 10.8. The molecule has 1 N–H and O–H groups in total. The third kappa shape index (κ3) is 1.77. The molecule has 0 atom stereocenters. The zero-order valence-electron chi connectivity index (χ0n) is 7.98. The van der Waals surface area contributed by atoms with Crippen molar-refractivity contribution in [2.45, 2.75) is 0 Å². The van der Waals surface area contributed by atoms with E-state index in [1.165, 1.54) is 11.3 Å². The molecule has 6 heteroatoms. The standard InChI is InChI=1S/C10H6ClN3S2/c11-8-4-3-7(16-8)10-12-9(13-14-10)6-2-1-5-15-6/h1-5H,(H,12,13,14). The Hall–Kier alpha value is -1.17. The zero-order chi connectivity index (χ0) is 11.0. The summed E-state index contributed by atoms with van der Waals surface area (Å²) in [6.45, 7) is 0. The van der Waals surface area contributed by atoms with Crippen molar-refractivity contribution < 1.29 is 0 Å². The van der Waals surface area contributed by atoms with E-state index < -0.39 is 0 Å². The molecular weight excluding hydrogens is 262 g/mol. The van der Waals surface area contributed by atoms with Crippen LogP contribution in [0.25, 0.3) is 21.4 Å². The van der Waals surface area contributed by atoms with Gasteiger partial charge in [-0.05, 0) is 23.6 Å². The first-order valence-corrected chi connectivity index (χ1v) is 6.62. The van der Waals surface area contributed by atoms with Gasteiger partial charge < -0.3 is 0 Å². The van der Waals surface area contributed by atoms with Crippen LogP contribution in [-0.2, 0) is 0 Å². The fraction of sp³-hybridized carbons (Fsp3) is 0. The van der Waals surface area contributed by atoms with Crippen molar-refractivity contribution in [2.24, 2.45) is 0 Å². The molecule has 0 radical (unpaired) electrons. The number of aromatic nitrogens is 3. The monoisotopic (exact) mass is 267 g/mol. The number of nitrogens with zero attached hydrogens (tertiary/aromatic N) is 2. The molecule has 0 aromatic carbocycles. The van der Waals surface area contributed by atoms with Gasteiger partial charge in [0.05, 0.1) is 14.1 Å². The van der Waals surface area contributed by atoms with Gasteiger partial charge in [0.1, 0.15) is 0 Å². The smallest absolute Gasteiger partial charge is 0.191 e. The van der Waals surface area contributed by atoms with Gasteiger partial charge in [-0.25, -0.2) is 4.98 Å². The van der Waals surface area contributed by atoms with Crippen LogP contribution >= 0.6 is 34.3 Å². The Labute approximate surface area is 105 Å². The van der Waals surface area contributed by atoms with Gasteiger partial charge in [-0.2, -0.15) is 5.10 Å². The van der Waals surface area contributed by atoms with Crippen LogP contribution in [0.5, 0.6) is 0 Å². The van der Waals surface area contributed by atoms with Gasteiger partial charge >= 0.3 is 0 Å². The number of hydrogen-bond donors (Lipinski definition) is 1. The summed E-state index contributed by atoms with van der Waals surface area (Å²) in [5, 5.41) is 9.12. The summed E-state index contributed by atoms with van der Waals surface area (Å²) in [6.07, 6.45) is 0. The lowest BCUT2D eigenvalue weighted by Gasteiger charge is -1.86. The number of thiophene rings is 2. The molecule has 0 aliphatic heterocycles. The molecule has 0 spiro atoms. The summed E-state index contributed by atoms with van der Waals surface area (Å²) in [5.74, 6) is 1.50. The van der Waals surface area contributed by atoms with E-state index in [2.05, 4.69) is 15.2 Å². The third-order valence-corrected chi connectivity index (χ3v) is 4.14. The van der Waals surface area contributed by atoms with E-state index in [1.54, 1.807) is 11.3 Å². The predicted molar refractivity (Wildman–Crippen MR) is 68.0 cm³/mol. The average molecular weight is 268 g/mol. The van der Waals surface area contributed by atoms with E-state index in [0.29, 0.717) is 5.82 Å². The zero-order valence-corrected chi connectivity index (χ0v) is 10.4. The minimum Gasteiger partial charge on any atom is -0.258 e. The quantitative estimate of drug-likeness (QED) is 0.765. The maximum Gasteiger partial charge on any atom is 0.191 e. The van der Waals surface area contributed by atoms with E-state index in [0.717, 1.165) is 19.9 Å². The molecule has 3 heterocycles. The highest BCUT2D eigenvalue weighted by molar-refractivity contribution is 7.19. The van der Waals surface area contributed by atoms with Crippen molar-refractivity contribution in [3.63, 3.8) is 0 Å². The van der Waals surface area contributed by atoms with Gasteiger partial charge in [0.15, 0.2) is 11.6 Å². The molecule has 3 rings (SSSR count). The predicted octanol–water partition coefficient (Wildman–Crippen LogP) is 3.92. The summed E-state index contributed by atoms with van der Waals surface area (Å²) >= 11 is 8.98. The van der Waals surface area contributed by atoms with Gasteiger partial charge in [0.25, 0.3) is 0 Å². The van der Waals surface area contributed by atoms with Crippen molar-refractivity contribution in [2.75, 3.05) is 0 Å². The Bertz CT molecular complexity index is 597. The van der Waals surface area contributed by atoms with Crippen molar-refractivity contribution in [1.82, 2.24) is 15.2 Å². The molecule has 3 nitrogen and oxygen atoms in total. The molecule has 80 valence electrons. The first-order chi connectivity index (χ1) is 7.83. The molecule has 0 amide bonds. The number of nitrogens with one attached hydrogen (secondary N) is 1. The second-order valence-corrected chi connectivity index (χ2v) is 5.75. The minimum atomic E-state index is 0.695. The molecule has 0 bridgehead atoms. The summed E-state index contributed by atoms with van der Waals surface area (Å²) in [5.41, 5.74) is 0. The molecule has 3 aromatic heterocycles. The highest BCUT2D eigenvalue weighted by Gasteiger charge is 2.09. The van der Waals surface area contributed by atoms with Crippen LogP contribution in [-0.4, -0.2) is 15.2 Å². The molecule has 0 fully saturated rings. The van der Waals surface area contributed by atoms with Crippen LogP contribution in [0.2, 0.25) is 4.34 Å². The maximum atomic E-state index is 5.87. The lowest BCUT2D eigenvalue weighted by atomic mass is 10.4. The van der Waals surface area contributed by atoms with Gasteiger partial charge in [0, 0.05) is 0 Å². The highest BCUT2D eigenvalue weighted by atomic mass is 35.5. The summed E-state index contributed by atoms with van der Waals surface area (Å²) in [4.78, 5) is 6.49. The number of halogens is 1. The summed E-state index contributed by atoms with van der Waals surface area (Å²) in [7, 11) is 0. The number of hydrogen-bond acceptors (Lipinski definition) is 4. The Balaban J connectivity index is 2.00. The van der Waals surface area contributed by atoms with E-state index in [-0.39, 0.29) is 0 Å². The van der Waals surface area contributed by atoms with E-state index in [9.17, 15) is 0 Å². The van der Waals surface area contributed by atoms with Crippen LogP contribution in [0.1, 0.15) is 0 Å². The molecule has 0 aliphatic carbocycles.